The van der Waals surface area contributed by atoms with Crippen molar-refractivity contribution in [2.45, 2.75) is 47.0 Å². The van der Waals surface area contributed by atoms with Gasteiger partial charge in [0.05, 0.1) is 5.56 Å². The molecule has 0 unspecified atom stereocenters. The molecule has 1 amide bonds. The molecule has 0 bridgehead atoms. The molecule has 5 nitrogen and oxygen atoms in total. The minimum absolute atomic E-state index is 0.214. The molecule has 0 saturated carbocycles. The summed E-state index contributed by atoms with van der Waals surface area (Å²) in [5.74, 6) is -0.365. The third kappa shape index (κ3) is 4.29. The number of carbonyl (C=O) groups is 2. The van der Waals surface area contributed by atoms with Gasteiger partial charge in [-0.15, -0.1) is 22.7 Å². The average molecular weight is 417 g/mol. The highest BCUT2D eigenvalue weighted by Gasteiger charge is 2.32. The van der Waals surface area contributed by atoms with E-state index in [2.05, 4.69) is 32.2 Å². The van der Waals surface area contributed by atoms with Gasteiger partial charge in [0.1, 0.15) is 15.9 Å². The number of nitrogens with zero attached hydrogens (tertiary/aromatic N) is 1. The average Bonchev–Trinajstić information content (AvgIpc) is 3.20. The van der Waals surface area contributed by atoms with E-state index >= 15 is 0 Å². The molecule has 0 radical (unpaired) electrons. The van der Waals surface area contributed by atoms with Crippen molar-refractivity contribution >= 4 is 39.6 Å². The highest BCUT2D eigenvalue weighted by molar-refractivity contribution is 7.16. The minimum Gasteiger partial charge on any atom is -0.451 e. The van der Waals surface area contributed by atoms with Crippen molar-refractivity contribution in [1.29, 1.82) is 5.26 Å². The van der Waals surface area contributed by atoms with Crippen LogP contribution >= 0.6 is 22.7 Å². The van der Waals surface area contributed by atoms with Gasteiger partial charge in [0.15, 0.2) is 6.61 Å². The van der Waals surface area contributed by atoms with E-state index in [1.807, 2.05) is 18.4 Å². The summed E-state index contributed by atoms with van der Waals surface area (Å²) in [4.78, 5) is 26.0. The predicted octanol–water partition coefficient (Wildman–Crippen LogP) is 4.94. The number of nitriles is 1. The summed E-state index contributed by atoms with van der Waals surface area (Å²) in [6.07, 6.45) is 2.84. The Morgan fingerprint density at radius 3 is 2.75 bits per heavy atom. The maximum absolute atomic E-state index is 12.3. The number of hydrogen-bond acceptors (Lipinski definition) is 6. The molecule has 2 aromatic rings. The van der Waals surface area contributed by atoms with Crippen LogP contribution in [-0.2, 0) is 22.4 Å². The fourth-order valence-electron chi connectivity index (χ4n) is 3.47. The Bertz CT molecular complexity index is 944. The number of nitrogens with one attached hydrogen (secondary N) is 1. The molecule has 0 saturated heterocycles. The van der Waals surface area contributed by atoms with Crippen molar-refractivity contribution < 1.29 is 14.3 Å². The van der Waals surface area contributed by atoms with Gasteiger partial charge in [-0.25, -0.2) is 4.79 Å². The summed E-state index contributed by atoms with van der Waals surface area (Å²) in [7, 11) is 0. The first kappa shape index (κ1) is 20.6. The number of ether oxygens (including phenoxy) is 1. The number of amides is 1. The van der Waals surface area contributed by atoms with Crippen LogP contribution in [0.4, 0.5) is 5.00 Å². The van der Waals surface area contributed by atoms with Crippen LogP contribution in [0.25, 0.3) is 0 Å². The van der Waals surface area contributed by atoms with Gasteiger partial charge in [-0.1, -0.05) is 20.8 Å². The Balaban J connectivity index is 1.67. The molecule has 148 valence electrons. The zero-order valence-corrected chi connectivity index (χ0v) is 18.2. The summed E-state index contributed by atoms with van der Waals surface area (Å²) in [5, 5.41) is 14.7. The summed E-state index contributed by atoms with van der Waals surface area (Å²) < 4.78 is 5.12. The summed E-state index contributed by atoms with van der Waals surface area (Å²) in [5.41, 5.74) is 2.67. The van der Waals surface area contributed by atoms with Crippen LogP contribution in [0.3, 0.4) is 0 Å². The number of fused-ring (bicyclic) bond motifs is 1. The normalized spacial score (nSPS) is 16.2. The molecule has 1 aliphatic carbocycles. The van der Waals surface area contributed by atoms with Crippen LogP contribution in [0.2, 0.25) is 0 Å². The lowest BCUT2D eigenvalue weighted by Gasteiger charge is -2.33. The van der Waals surface area contributed by atoms with Crippen molar-refractivity contribution in [1.82, 2.24) is 0 Å². The molecule has 0 spiro atoms. The Labute approximate surface area is 173 Å². The van der Waals surface area contributed by atoms with Gasteiger partial charge in [-0.2, -0.15) is 5.26 Å². The van der Waals surface area contributed by atoms with Crippen molar-refractivity contribution in [3.8, 4) is 6.07 Å². The third-order valence-electron chi connectivity index (χ3n) is 5.24. The van der Waals surface area contributed by atoms with E-state index < -0.39 is 11.9 Å². The van der Waals surface area contributed by atoms with E-state index in [0.29, 0.717) is 21.4 Å². The molecule has 0 aromatic carbocycles. The number of hydrogen-bond donors (Lipinski definition) is 1. The van der Waals surface area contributed by atoms with E-state index in [4.69, 9.17) is 4.74 Å². The summed E-state index contributed by atoms with van der Waals surface area (Å²) in [6.45, 7) is 8.19. The smallest absolute Gasteiger partial charge is 0.349 e. The number of carbonyl (C=O) groups excluding carboxylic acids is 2. The van der Waals surface area contributed by atoms with E-state index in [1.165, 1.54) is 27.6 Å². The molecule has 28 heavy (non-hydrogen) atoms. The topological polar surface area (TPSA) is 79.2 Å². The maximum atomic E-state index is 12.3. The maximum Gasteiger partial charge on any atom is 0.349 e. The second-order valence-electron chi connectivity index (χ2n) is 8.18. The lowest BCUT2D eigenvalue weighted by molar-refractivity contribution is -0.119. The molecular formula is C21H24N2O3S2. The zero-order valence-electron chi connectivity index (χ0n) is 16.5. The van der Waals surface area contributed by atoms with Crippen LogP contribution in [0.15, 0.2) is 11.4 Å². The first-order valence-corrected chi connectivity index (χ1v) is 11.0. The molecular weight excluding hydrogens is 392 g/mol. The molecule has 0 fully saturated rings. The van der Waals surface area contributed by atoms with Gasteiger partial charge in [0.2, 0.25) is 0 Å². The highest BCUT2D eigenvalue weighted by Crippen LogP contribution is 2.43. The highest BCUT2D eigenvalue weighted by atomic mass is 32.1. The summed E-state index contributed by atoms with van der Waals surface area (Å²) >= 11 is 2.77. The van der Waals surface area contributed by atoms with E-state index in [-0.39, 0.29) is 12.0 Å². The zero-order chi connectivity index (χ0) is 20.5. The number of rotatable bonds is 4. The molecule has 2 heterocycles. The lowest BCUT2D eigenvalue weighted by Crippen LogP contribution is -2.26. The van der Waals surface area contributed by atoms with Gasteiger partial charge < -0.3 is 10.1 Å². The second-order valence-corrected chi connectivity index (χ2v) is 10.2. The van der Waals surface area contributed by atoms with Crippen molar-refractivity contribution in [2.24, 2.45) is 11.3 Å². The monoisotopic (exact) mass is 416 g/mol. The van der Waals surface area contributed by atoms with E-state index in [0.717, 1.165) is 30.4 Å². The number of esters is 1. The Hall–Kier alpha value is -2.17. The van der Waals surface area contributed by atoms with Crippen LogP contribution in [0, 0.1) is 29.6 Å². The second kappa shape index (κ2) is 8.06. The third-order valence-corrected chi connectivity index (χ3v) is 7.40. The van der Waals surface area contributed by atoms with E-state index in [9.17, 15) is 14.9 Å². The van der Waals surface area contributed by atoms with Gasteiger partial charge in [0.25, 0.3) is 5.91 Å². The van der Waals surface area contributed by atoms with Crippen molar-refractivity contribution in [3.05, 3.63) is 37.9 Å². The minimum atomic E-state index is -0.498. The number of anilines is 1. The molecule has 3 rings (SSSR count). The molecule has 1 aliphatic rings. The van der Waals surface area contributed by atoms with Gasteiger partial charge >= 0.3 is 5.97 Å². The van der Waals surface area contributed by atoms with Crippen molar-refractivity contribution in [3.63, 3.8) is 0 Å². The Morgan fingerprint density at radius 2 is 2.14 bits per heavy atom. The summed E-state index contributed by atoms with van der Waals surface area (Å²) in [6, 6.07) is 4.08. The first-order chi connectivity index (χ1) is 13.2. The van der Waals surface area contributed by atoms with Crippen LogP contribution < -0.4 is 5.32 Å². The molecule has 1 N–H and O–H groups in total. The first-order valence-electron chi connectivity index (χ1n) is 9.26. The molecule has 2 aromatic heterocycles. The predicted molar refractivity (Wildman–Crippen MR) is 112 cm³/mol. The number of aryl methyl sites for hydroxylation is 1. The Morgan fingerprint density at radius 1 is 1.39 bits per heavy atom. The standard InChI is InChI=1S/C21H24N2O3S2/c1-12-7-8-27-18(12)20(25)26-11-17(24)23-19-15(10-22)14-6-5-13(21(2,3)4)9-16(14)28-19/h7-8,13H,5-6,9,11H2,1-4H3,(H,23,24)/t13-/m1/s1. The lowest BCUT2D eigenvalue weighted by atomic mass is 9.72. The van der Waals surface area contributed by atoms with Gasteiger partial charge in [-0.3, -0.25) is 4.79 Å². The molecule has 7 heteroatoms. The largest absolute Gasteiger partial charge is 0.451 e. The molecule has 0 aliphatic heterocycles. The van der Waals surface area contributed by atoms with Gasteiger partial charge in [0, 0.05) is 4.88 Å². The fourth-order valence-corrected chi connectivity index (χ4v) is 5.58. The van der Waals surface area contributed by atoms with Crippen LogP contribution in [-0.4, -0.2) is 18.5 Å². The molecule has 1 atom stereocenters. The fraction of sp³-hybridized carbons (Fsp3) is 0.476. The van der Waals surface area contributed by atoms with Gasteiger partial charge in [-0.05, 0) is 60.1 Å². The van der Waals surface area contributed by atoms with Crippen LogP contribution in [0.5, 0.6) is 0 Å². The SMILES string of the molecule is Cc1ccsc1C(=O)OCC(=O)Nc1sc2c(c1C#N)CC[C@@H](C(C)(C)C)C2. The van der Waals surface area contributed by atoms with Crippen molar-refractivity contribution in [2.75, 3.05) is 11.9 Å². The van der Waals surface area contributed by atoms with Crippen LogP contribution in [0.1, 0.15) is 58.4 Å². The number of thiophene rings is 2. The Kier molecular flexibility index (Phi) is 5.92. The van der Waals surface area contributed by atoms with E-state index in [1.54, 1.807) is 0 Å². The quantitative estimate of drug-likeness (QED) is 0.716.